The molecule has 1 nitrogen and oxygen atoms in total. The van der Waals surface area contributed by atoms with Crippen molar-refractivity contribution in [1.82, 2.24) is 0 Å². The first kappa shape index (κ1) is 14.7. The highest BCUT2D eigenvalue weighted by Gasteiger charge is 2.21. The molecule has 2 atom stereocenters. The molecular weight excluding hydrogens is 254 g/mol. The van der Waals surface area contributed by atoms with Gasteiger partial charge in [0, 0.05) is 16.8 Å². The molecule has 1 aliphatic carbocycles. The molecule has 1 aromatic rings. The Morgan fingerprint density at radius 1 is 1.16 bits per heavy atom. The number of benzene rings is 1. The SMILES string of the molecule is Cc1cc(Cl)ccc1NC1CCCC(C(C)C)CC1. The minimum Gasteiger partial charge on any atom is -0.382 e. The second-order valence-electron chi connectivity index (χ2n) is 6.31. The second-order valence-corrected chi connectivity index (χ2v) is 6.75. The Kier molecular flexibility index (Phi) is 5.15. The molecule has 106 valence electrons. The molecular formula is C17H26ClN. The summed E-state index contributed by atoms with van der Waals surface area (Å²) in [6.07, 6.45) is 6.71. The number of anilines is 1. The van der Waals surface area contributed by atoms with Gasteiger partial charge in [0.25, 0.3) is 0 Å². The van der Waals surface area contributed by atoms with E-state index >= 15 is 0 Å². The van der Waals surface area contributed by atoms with Gasteiger partial charge >= 0.3 is 0 Å². The third-order valence-corrected chi connectivity index (χ3v) is 4.74. The minimum absolute atomic E-state index is 0.628. The Morgan fingerprint density at radius 2 is 1.95 bits per heavy atom. The van der Waals surface area contributed by atoms with Gasteiger partial charge in [-0.05, 0) is 61.8 Å². The third kappa shape index (κ3) is 4.14. The first-order valence-corrected chi connectivity index (χ1v) is 7.96. The van der Waals surface area contributed by atoms with Crippen LogP contribution in [0.15, 0.2) is 18.2 Å². The largest absolute Gasteiger partial charge is 0.382 e. The van der Waals surface area contributed by atoms with Gasteiger partial charge in [-0.2, -0.15) is 0 Å². The lowest BCUT2D eigenvalue weighted by Crippen LogP contribution is -2.19. The lowest BCUT2D eigenvalue weighted by Gasteiger charge is -2.20. The van der Waals surface area contributed by atoms with Crippen LogP contribution in [0.1, 0.15) is 51.5 Å². The smallest absolute Gasteiger partial charge is 0.0410 e. The Bertz CT molecular complexity index is 414. The zero-order valence-electron chi connectivity index (χ0n) is 12.4. The van der Waals surface area contributed by atoms with Crippen molar-refractivity contribution in [2.45, 2.75) is 58.9 Å². The zero-order chi connectivity index (χ0) is 13.8. The number of hydrogen-bond donors (Lipinski definition) is 1. The van der Waals surface area contributed by atoms with Gasteiger partial charge < -0.3 is 5.32 Å². The van der Waals surface area contributed by atoms with Crippen LogP contribution in [0.3, 0.4) is 0 Å². The zero-order valence-corrected chi connectivity index (χ0v) is 13.1. The first-order valence-electron chi connectivity index (χ1n) is 7.59. The van der Waals surface area contributed by atoms with E-state index in [1.165, 1.54) is 43.4 Å². The Labute approximate surface area is 122 Å². The molecule has 2 rings (SSSR count). The Hall–Kier alpha value is -0.690. The van der Waals surface area contributed by atoms with Crippen molar-refractivity contribution in [3.8, 4) is 0 Å². The highest BCUT2D eigenvalue weighted by atomic mass is 35.5. The van der Waals surface area contributed by atoms with Crippen LogP contribution in [0.5, 0.6) is 0 Å². The van der Waals surface area contributed by atoms with Crippen LogP contribution >= 0.6 is 11.6 Å². The van der Waals surface area contributed by atoms with E-state index < -0.39 is 0 Å². The van der Waals surface area contributed by atoms with Gasteiger partial charge in [-0.3, -0.25) is 0 Å². The first-order chi connectivity index (χ1) is 9.06. The maximum Gasteiger partial charge on any atom is 0.0410 e. The van der Waals surface area contributed by atoms with Gasteiger partial charge in [0.2, 0.25) is 0 Å². The molecule has 1 saturated carbocycles. The summed E-state index contributed by atoms with van der Waals surface area (Å²) in [6, 6.07) is 6.76. The highest BCUT2D eigenvalue weighted by Crippen LogP contribution is 2.31. The van der Waals surface area contributed by atoms with Crippen LogP contribution in [-0.2, 0) is 0 Å². The molecule has 0 bridgehead atoms. The van der Waals surface area contributed by atoms with E-state index in [0.717, 1.165) is 16.9 Å². The minimum atomic E-state index is 0.628. The van der Waals surface area contributed by atoms with Crippen LogP contribution in [-0.4, -0.2) is 6.04 Å². The van der Waals surface area contributed by atoms with Gasteiger partial charge in [-0.15, -0.1) is 0 Å². The standard InChI is InChI=1S/C17H26ClN/c1-12(2)14-5-4-6-16(9-7-14)19-17-10-8-15(18)11-13(17)3/h8,10-12,14,16,19H,4-7,9H2,1-3H3. The normalized spacial score (nSPS) is 24.3. The summed E-state index contributed by atoms with van der Waals surface area (Å²) in [5, 5.41) is 4.54. The van der Waals surface area contributed by atoms with Gasteiger partial charge in [-0.25, -0.2) is 0 Å². The van der Waals surface area contributed by atoms with Crippen LogP contribution in [0.25, 0.3) is 0 Å². The molecule has 0 spiro atoms. The molecule has 1 N–H and O–H groups in total. The molecule has 0 saturated heterocycles. The second kappa shape index (κ2) is 6.65. The summed E-state index contributed by atoms with van der Waals surface area (Å²) in [6.45, 7) is 6.85. The number of rotatable bonds is 3. The van der Waals surface area contributed by atoms with Crippen molar-refractivity contribution in [2.24, 2.45) is 11.8 Å². The molecule has 1 fully saturated rings. The number of halogens is 1. The average molecular weight is 280 g/mol. The fraction of sp³-hybridized carbons (Fsp3) is 0.647. The number of aryl methyl sites for hydroxylation is 1. The van der Waals surface area contributed by atoms with E-state index in [2.05, 4.69) is 32.2 Å². The summed E-state index contributed by atoms with van der Waals surface area (Å²) in [5.41, 5.74) is 2.49. The van der Waals surface area contributed by atoms with Crippen LogP contribution in [0.2, 0.25) is 5.02 Å². The van der Waals surface area contributed by atoms with Gasteiger partial charge in [0.15, 0.2) is 0 Å². The van der Waals surface area contributed by atoms with E-state index in [0.29, 0.717) is 6.04 Å². The third-order valence-electron chi connectivity index (χ3n) is 4.50. The molecule has 0 heterocycles. The molecule has 0 aliphatic heterocycles. The lowest BCUT2D eigenvalue weighted by molar-refractivity contribution is 0.341. The van der Waals surface area contributed by atoms with Gasteiger partial charge in [0.05, 0.1) is 0 Å². The van der Waals surface area contributed by atoms with Crippen LogP contribution in [0, 0.1) is 18.8 Å². The van der Waals surface area contributed by atoms with Gasteiger partial charge in [-0.1, -0.05) is 38.3 Å². The Morgan fingerprint density at radius 3 is 2.63 bits per heavy atom. The van der Waals surface area contributed by atoms with Crippen molar-refractivity contribution < 1.29 is 0 Å². The summed E-state index contributed by atoms with van der Waals surface area (Å²) >= 11 is 6.01. The molecule has 2 unspecified atom stereocenters. The highest BCUT2D eigenvalue weighted by molar-refractivity contribution is 6.30. The average Bonchev–Trinajstić information content (AvgIpc) is 2.58. The maximum atomic E-state index is 6.01. The van der Waals surface area contributed by atoms with E-state index in [-0.39, 0.29) is 0 Å². The van der Waals surface area contributed by atoms with Crippen molar-refractivity contribution in [3.63, 3.8) is 0 Å². The lowest BCUT2D eigenvalue weighted by atomic mass is 9.89. The van der Waals surface area contributed by atoms with Crippen molar-refractivity contribution in [2.75, 3.05) is 5.32 Å². The van der Waals surface area contributed by atoms with Crippen LogP contribution < -0.4 is 5.32 Å². The summed E-state index contributed by atoms with van der Waals surface area (Å²) in [7, 11) is 0. The van der Waals surface area contributed by atoms with E-state index in [1.807, 2.05) is 12.1 Å². The molecule has 2 heteroatoms. The summed E-state index contributed by atoms with van der Waals surface area (Å²) < 4.78 is 0. The molecule has 19 heavy (non-hydrogen) atoms. The maximum absolute atomic E-state index is 6.01. The summed E-state index contributed by atoms with van der Waals surface area (Å²) in [5.74, 6) is 1.74. The van der Waals surface area contributed by atoms with Crippen molar-refractivity contribution >= 4 is 17.3 Å². The Balaban J connectivity index is 1.96. The molecule has 0 radical (unpaired) electrons. The van der Waals surface area contributed by atoms with Crippen molar-refractivity contribution in [3.05, 3.63) is 28.8 Å². The number of nitrogens with one attached hydrogen (secondary N) is 1. The van der Waals surface area contributed by atoms with Crippen LogP contribution in [0.4, 0.5) is 5.69 Å². The predicted octanol–water partition coefficient (Wildman–Crippen LogP) is 5.67. The fourth-order valence-corrected chi connectivity index (χ4v) is 3.38. The van der Waals surface area contributed by atoms with Gasteiger partial charge in [0.1, 0.15) is 0 Å². The molecule has 0 aromatic heterocycles. The quantitative estimate of drug-likeness (QED) is 0.704. The van der Waals surface area contributed by atoms with E-state index in [1.54, 1.807) is 0 Å². The molecule has 0 amide bonds. The molecule has 1 aromatic carbocycles. The molecule has 1 aliphatic rings. The topological polar surface area (TPSA) is 12.0 Å². The predicted molar refractivity (Wildman–Crippen MR) is 85.0 cm³/mol. The fourth-order valence-electron chi connectivity index (χ4n) is 3.15. The number of hydrogen-bond acceptors (Lipinski definition) is 1. The summed E-state index contributed by atoms with van der Waals surface area (Å²) in [4.78, 5) is 0. The van der Waals surface area contributed by atoms with E-state index in [9.17, 15) is 0 Å². The van der Waals surface area contributed by atoms with Crippen molar-refractivity contribution in [1.29, 1.82) is 0 Å². The van der Waals surface area contributed by atoms with E-state index in [4.69, 9.17) is 11.6 Å². The monoisotopic (exact) mass is 279 g/mol.